The highest BCUT2D eigenvalue weighted by molar-refractivity contribution is 5.79. The van der Waals surface area contributed by atoms with Crippen LogP contribution in [-0.2, 0) is 4.74 Å². The molecule has 0 aromatic heterocycles. The Bertz CT molecular complexity index is 549. The number of anilines is 1. The summed E-state index contributed by atoms with van der Waals surface area (Å²) in [7, 11) is 1.71. The monoisotopic (exact) mass is 351 g/mol. The number of aliphatic imine (C=N–C) groups is 1. The molecule has 8 nitrogen and oxygen atoms in total. The van der Waals surface area contributed by atoms with E-state index in [1.165, 1.54) is 6.07 Å². The maximum Gasteiger partial charge on any atom is 0.292 e. The Morgan fingerprint density at radius 1 is 1.24 bits per heavy atom. The summed E-state index contributed by atoms with van der Waals surface area (Å²) in [5, 5.41) is 20.4. The molecule has 0 atom stereocenters. The molecular weight excluding hydrogens is 322 g/mol. The zero-order chi connectivity index (χ0) is 18.5. The van der Waals surface area contributed by atoms with Gasteiger partial charge in [0.25, 0.3) is 5.69 Å². The van der Waals surface area contributed by atoms with Crippen molar-refractivity contribution in [2.75, 3.05) is 45.2 Å². The van der Waals surface area contributed by atoms with E-state index in [-0.39, 0.29) is 5.69 Å². The third kappa shape index (κ3) is 8.90. The first-order valence-corrected chi connectivity index (χ1v) is 8.54. The number of benzene rings is 1. The highest BCUT2D eigenvalue weighted by Gasteiger charge is 2.11. The molecule has 1 rings (SSSR count). The van der Waals surface area contributed by atoms with Gasteiger partial charge in [-0.1, -0.05) is 26.0 Å². The van der Waals surface area contributed by atoms with Gasteiger partial charge >= 0.3 is 0 Å². The fraction of sp³-hybridized carbons (Fsp3) is 0.588. The molecule has 0 radical (unpaired) electrons. The molecule has 25 heavy (non-hydrogen) atoms. The third-order valence-electron chi connectivity index (χ3n) is 3.27. The smallest absolute Gasteiger partial charge is 0.292 e. The summed E-state index contributed by atoms with van der Waals surface area (Å²) >= 11 is 0. The molecular formula is C17H29N5O3. The van der Waals surface area contributed by atoms with Crippen molar-refractivity contribution >= 4 is 17.3 Å². The Morgan fingerprint density at radius 2 is 1.96 bits per heavy atom. The van der Waals surface area contributed by atoms with Crippen LogP contribution in [0.4, 0.5) is 11.4 Å². The number of guanidine groups is 1. The van der Waals surface area contributed by atoms with E-state index < -0.39 is 4.92 Å². The lowest BCUT2D eigenvalue weighted by molar-refractivity contribution is -0.384. The summed E-state index contributed by atoms with van der Waals surface area (Å²) < 4.78 is 5.52. The number of hydrogen-bond donors (Lipinski definition) is 3. The molecule has 140 valence electrons. The van der Waals surface area contributed by atoms with Crippen LogP contribution in [-0.4, -0.2) is 50.8 Å². The third-order valence-corrected chi connectivity index (χ3v) is 3.27. The van der Waals surface area contributed by atoms with Crippen molar-refractivity contribution < 1.29 is 9.66 Å². The minimum atomic E-state index is -0.391. The van der Waals surface area contributed by atoms with E-state index in [1.54, 1.807) is 25.2 Å². The van der Waals surface area contributed by atoms with Crippen LogP contribution in [0.3, 0.4) is 0 Å². The van der Waals surface area contributed by atoms with Crippen LogP contribution in [0.2, 0.25) is 0 Å². The van der Waals surface area contributed by atoms with Crippen LogP contribution in [0.1, 0.15) is 20.3 Å². The van der Waals surface area contributed by atoms with E-state index >= 15 is 0 Å². The highest BCUT2D eigenvalue weighted by atomic mass is 16.6. The molecule has 0 saturated heterocycles. The highest BCUT2D eigenvalue weighted by Crippen LogP contribution is 2.22. The summed E-state index contributed by atoms with van der Waals surface area (Å²) in [5.74, 6) is 1.25. The van der Waals surface area contributed by atoms with E-state index in [0.29, 0.717) is 30.7 Å². The van der Waals surface area contributed by atoms with Crippen LogP contribution >= 0.6 is 0 Å². The van der Waals surface area contributed by atoms with Crippen molar-refractivity contribution in [3.05, 3.63) is 34.4 Å². The van der Waals surface area contributed by atoms with Gasteiger partial charge in [0.1, 0.15) is 5.69 Å². The van der Waals surface area contributed by atoms with Crippen molar-refractivity contribution in [3.8, 4) is 0 Å². The van der Waals surface area contributed by atoms with Gasteiger partial charge in [-0.3, -0.25) is 15.1 Å². The number of nitro groups is 1. The van der Waals surface area contributed by atoms with Crippen LogP contribution in [0.5, 0.6) is 0 Å². The topological polar surface area (TPSA) is 101 Å². The Balaban J connectivity index is 2.20. The summed E-state index contributed by atoms with van der Waals surface area (Å²) in [6.45, 7) is 7.67. The number of para-hydroxylation sites is 2. The Kier molecular flexibility index (Phi) is 10.00. The molecule has 0 bridgehead atoms. The van der Waals surface area contributed by atoms with Gasteiger partial charge in [0.2, 0.25) is 0 Å². The second-order valence-corrected chi connectivity index (χ2v) is 5.95. The van der Waals surface area contributed by atoms with Crippen molar-refractivity contribution in [1.82, 2.24) is 10.6 Å². The Morgan fingerprint density at radius 3 is 2.64 bits per heavy atom. The van der Waals surface area contributed by atoms with Gasteiger partial charge in [-0.15, -0.1) is 0 Å². The Labute approximate surface area is 149 Å². The summed E-state index contributed by atoms with van der Waals surface area (Å²) in [5.41, 5.74) is 0.589. The average molecular weight is 351 g/mol. The van der Waals surface area contributed by atoms with Gasteiger partial charge in [0.15, 0.2) is 5.96 Å². The normalized spacial score (nSPS) is 11.4. The largest absolute Gasteiger partial charge is 0.381 e. The van der Waals surface area contributed by atoms with Crippen molar-refractivity contribution in [1.29, 1.82) is 0 Å². The quantitative estimate of drug-likeness (QED) is 0.186. The first-order chi connectivity index (χ1) is 12.0. The number of ether oxygens (including phenoxy) is 1. The van der Waals surface area contributed by atoms with Crippen molar-refractivity contribution in [2.24, 2.45) is 10.9 Å². The molecule has 3 N–H and O–H groups in total. The Hall–Kier alpha value is -2.35. The molecule has 0 heterocycles. The van der Waals surface area contributed by atoms with Gasteiger partial charge in [-0.05, 0) is 18.4 Å². The molecule has 0 saturated carbocycles. The van der Waals surface area contributed by atoms with Crippen molar-refractivity contribution in [2.45, 2.75) is 20.3 Å². The van der Waals surface area contributed by atoms with Crippen LogP contribution in [0.25, 0.3) is 0 Å². The average Bonchev–Trinajstić information content (AvgIpc) is 2.59. The minimum Gasteiger partial charge on any atom is -0.381 e. The summed E-state index contributed by atoms with van der Waals surface area (Å²) in [4.78, 5) is 14.7. The summed E-state index contributed by atoms with van der Waals surface area (Å²) in [6.07, 6.45) is 0.905. The molecule has 0 amide bonds. The second-order valence-electron chi connectivity index (χ2n) is 5.95. The van der Waals surface area contributed by atoms with Crippen molar-refractivity contribution in [3.63, 3.8) is 0 Å². The fourth-order valence-corrected chi connectivity index (χ4v) is 2.08. The van der Waals surface area contributed by atoms with E-state index in [1.807, 2.05) is 0 Å². The van der Waals surface area contributed by atoms with Crippen LogP contribution in [0.15, 0.2) is 29.3 Å². The zero-order valence-electron chi connectivity index (χ0n) is 15.2. The van der Waals surface area contributed by atoms with Crippen LogP contribution in [0, 0.1) is 16.0 Å². The summed E-state index contributed by atoms with van der Waals surface area (Å²) in [6, 6.07) is 6.60. The SMILES string of the molecule is CN=C(NCCCOCC(C)C)NCCNc1ccccc1[N+](=O)[O-]. The second kappa shape index (κ2) is 12.1. The lowest BCUT2D eigenvalue weighted by Gasteiger charge is -2.13. The van der Waals surface area contributed by atoms with Crippen LogP contribution < -0.4 is 16.0 Å². The van der Waals surface area contributed by atoms with Gasteiger partial charge in [0.05, 0.1) is 4.92 Å². The van der Waals surface area contributed by atoms with E-state index in [9.17, 15) is 10.1 Å². The lowest BCUT2D eigenvalue weighted by atomic mass is 10.2. The minimum absolute atomic E-state index is 0.0754. The number of nitrogens with one attached hydrogen (secondary N) is 3. The maximum absolute atomic E-state index is 11.0. The van der Waals surface area contributed by atoms with Gasteiger partial charge < -0.3 is 20.7 Å². The van der Waals surface area contributed by atoms with E-state index in [0.717, 1.165) is 26.2 Å². The predicted molar refractivity (Wildman–Crippen MR) is 101 cm³/mol. The predicted octanol–water partition coefficient (Wildman–Crippen LogP) is 2.23. The molecule has 8 heteroatoms. The number of hydrogen-bond acceptors (Lipinski definition) is 5. The zero-order valence-corrected chi connectivity index (χ0v) is 15.2. The van der Waals surface area contributed by atoms with Gasteiger partial charge in [-0.25, -0.2) is 0 Å². The van der Waals surface area contributed by atoms with Gasteiger partial charge in [-0.2, -0.15) is 0 Å². The van der Waals surface area contributed by atoms with E-state index in [2.05, 4.69) is 34.8 Å². The fourth-order valence-electron chi connectivity index (χ4n) is 2.08. The number of nitro benzene ring substituents is 1. The van der Waals surface area contributed by atoms with E-state index in [4.69, 9.17) is 4.74 Å². The molecule has 0 aliphatic rings. The molecule has 1 aromatic rings. The first-order valence-electron chi connectivity index (χ1n) is 8.54. The lowest BCUT2D eigenvalue weighted by Crippen LogP contribution is -2.40. The molecule has 1 aromatic carbocycles. The molecule has 0 spiro atoms. The number of nitrogens with zero attached hydrogens (tertiary/aromatic N) is 2. The molecule has 0 aliphatic heterocycles. The molecule has 0 aliphatic carbocycles. The van der Waals surface area contributed by atoms with Gasteiger partial charge in [0, 0.05) is 46.0 Å². The first kappa shape index (κ1) is 20.7. The standard InChI is InChI=1S/C17H29N5O3/c1-14(2)13-25-12-6-9-20-17(18-3)21-11-10-19-15-7-4-5-8-16(15)22(23)24/h4-5,7-8,14,19H,6,9-13H2,1-3H3,(H2,18,20,21). The molecule has 0 unspecified atom stereocenters. The maximum atomic E-state index is 11.0. The number of rotatable bonds is 11. The molecule has 0 fully saturated rings.